The molecule has 3 aromatic rings. The molecule has 4 rings (SSSR count). The van der Waals surface area contributed by atoms with Crippen LogP contribution in [0.4, 0.5) is 11.6 Å². The zero-order chi connectivity index (χ0) is 24.1. The number of aryl methyl sites for hydroxylation is 3. The summed E-state index contributed by atoms with van der Waals surface area (Å²) in [5.41, 5.74) is 3.08. The molecule has 0 radical (unpaired) electrons. The maximum Gasteiger partial charge on any atom is 0.306 e. The second-order valence-electron chi connectivity index (χ2n) is 8.87. The van der Waals surface area contributed by atoms with Gasteiger partial charge in [0.1, 0.15) is 11.6 Å². The van der Waals surface area contributed by atoms with Crippen LogP contribution in [0.25, 0.3) is 11.4 Å². The number of hydrogen-bond donors (Lipinski definition) is 2. The highest BCUT2D eigenvalue weighted by Gasteiger charge is 2.28. The molecule has 1 saturated carbocycles. The highest BCUT2D eigenvalue weighted by atomic mass is 16.5. The molecule has 2 atom stereocenters. The van der Waals surface area contributed by atoms with Crippen molar-refractivity contribution in [2.75, 3.05) is 5.32 Å². The Balaban J connectivity index is 1.51. The summed E-state index contributed by atoms with van der Waals surface area (Å²) in [6, 6.07) is 9.71. The van der Waals surface area contributed by atoms with Crippen molar-refractivity contribution in [3.8, 4) is 17.1 Å². The Bertz CT molecular complexity index is 1150. The van der Waals surface area contributed by atoms with E-state index in [1.807, 2.05) is 44.3 Å². The number of unbranched alkanes of at least 4 members (excludes halogenated alkanes) is 1. The zero-order valence-electron chi connectivity index (χ0n) is 20.0. The van der Waals surface area contributed by atoms with Gasteiger partial charge in [-0.1, -0.05) is 24.6 Å². The van der Waals surface area contributed by atoms with E-state index in [9.17, 15) is 9.90 Å². The van der Waals surface area contributed by atoms with Gasteiger partial charge in [0, 0.05) is 12.7 Å². The monoisotopic (exact) mass is 464 g/mol. The number of carbonyl (C=O) groups is 1. The lowest BCUT2D eigenvalue weighted by atomic mass is 9.87. The molecule has 34 heavy (non-hydrogen) atoms. The smallest absolute Gasteiger partial charge is 0.306 e. The number of nitrogens with one attached hydrogen (secondary N) is 1. The Morgan fingerprint density at radius 3 is 2.85 bits per heavy atom. The fourth-order valence-electron chi connectivity index (χ4n) is 4.30. The number of carboxylic acid groups (broad SMARTS) is 1. The molecule has 0 aromatic carbocycles. The van der Waals surface area contributed by atoms with E-state index in [-0.39, 0.29) is 12.0 Å². The summed E-state index contributed by atoms with van der Waals surface area (Å²) in [5, 5.41) is 21.2. The van der Waals surface area contributed by atoms with Crippen LogP contribution >= 0.6 is 0 Å². The number of ether oxygens (including phenoxy) is 1. The van der Waals surface area contributed by atoms with Crippen LogP contribution in [0.5, 0.6) is 5.75 Å². The van der Waals surface area contributed by atoms with Crippen LogP contribution in [-0.4, -0.2) is 42.1 Å². The first-order chi connectivity index (χ1) is 16.4. The number of rotatable bonds is 9. The van der Waals surface area contributed by atoms with Crippen LogP contribution in [0.2, 0.25) is 0 Å². The molecule has 0 unspecified atom stereocenters. The van der Waals surface area contributed by atoms with E-state index in [4.69, 9.17) is 14.7 Å². The molecule has 3 heterocycles. The summed E-state index contributed by atoms with van der Waals surface area (Å²) in [4.78, 5) is 20.8. The zero-order valence-corrected chi connectivity index (χ0v) is 20.0. The van der Waals surface area contributed by atoms with Crippen molar-refractivity contribution in [1.82, 2.24) is 25.0 Å². The van der Waals surface area contributed by atoms with E-state index >= 15 is 0 Å². The predicted octanol–water partition coefficient (Wildman–Crippen LogP) is 4.69. The summed E-state index contributed by atoms with van der Waals surface area (Å²) in [6.07, 6.45) is 6.01. The molecular weight excluding hydrogens is 432 g/mol. The molecule has 0 aliphatic heterocycles. The van der Waals surface area contributed by atoms with E-state index in [1.165, 1.54) is 0 Å². The molecule has 0 amide bonds. The molecule has 0 bridgehead atoms. The standard InChI is InChI=1S/C25H32N6O3/c1-4-5-9-18-10-7-12-22(27-18)28-24-23(29-30-31(24)3)20-13-14-21(16(2)26-20)34-19-11-6-8-17(15-19)25(32)33/h7,10,12-14,17,19H,4-6,8-9,11,15H2,1-3H3,(H,27,28)(H,32,33)/t17-,19-/m0/s1. The minimum atomic E-state index is -0.744. The van der Waals surface area contributed by atoms with Crippen molar-refractivity contribution in [3.05, 3.63) is 41.7 Å². The number of hydrogen-bond acceptors (Lipinski definition) is 7. The van der Waals surface area contributed by atoms with Crippen LogP contribution in [0, 0.1) is 12.8 Å². The van der Waals surface area contributed by atoms with Crippen LogP contribution in [0.3, 0.4) is 0 Å². The summed E-state index contributed by atoms with van der Waals surface area (Å²) in [6.45, 7) is 4.06. The third-order valence-corrected chi connectivity index (χ3v) is 6.22. The number of anilines is 2. The van der Waals surface area contributed by atoms with Gasteiger partial charge in [-0.3, -0.25) is 4.79 Å². The third-order valence-electron chi connectivity index (χ3n) is 6.22. The van der Waals surface area contributed by atoms with E-state index in [2.05, 4.69) is 22.6 Å². The van der Waals surface area contributed by atoms with E-state index in [0.717, 1.165) is 49.3 Å². The van der Waals surface area contributed by atoms with Gasteiger partial charge in [-0.15, -0.1) is 5.10 Å². The number of nitrogens with zero attached hydrogens (tertiary/aromatic N) is 5. The second-order valence-corrected chi connectivity index (χ2v) is 8.87. The largest absolute Gasteiger partial charge is 0.489 e. The first-order valence-electron chi connectivity index (χ1n) is 11.9. The van der Waals surface area contributed by atoms with Crippen molar-refractivity contribution >= 4 is 17.6 Å². The summed E-state index contributed by atoms with van der Waals surface area (Å²) in [7, 11) is 1.83. The molecule has 3 aromatic heterocycles. The van der Waals surface area contributed by atoms with Crippen molar-refractivity contribution in [2.24, 2.45) is 13.0 Å². The first-order valence-corrected chi connectivity index (χ1v) is 11.9. The summed E-state index contributed by atoms with van der Waals surface area (Å²) < 4.78 is 7.81. The Hall–Kier alpha value is -3.49. The lowest BCUT2D eigenvalue weighted by Crippen LogP contribution is -2.29. The molecule has 1 aliphatic rings. The average molecular weight is 465 g/mol. The highest BCUT2D eigenvalue weighted by molar-refractivity contribution is 5.72. The van der Waals surface area contributed by atoms with Gasteiger partial charge < -0.3 is 15.2 Å². The van der Waals surface area contributed by atoms with Crippen LogP contribution in [-0.2, 0) is 18.3 Å². The van der Waals surface area contributed by atoms with Gasteiger partial charge in [-0.05, 0) is 69.7 Å². The number of aliphatic carboxylic acids is 1. The van der Waals surface area contributed by atoms with Crippen molar-refractivity contribution < 1.29 is 14.6 Å². The third kappa shape index (κ3) is 5.52. The molecule has 0 spiro atoms. The molecular formula is C25H32N6O3. The molecule has 9 heteroatoms. The lowest BCUT2D eigenvalue weighted by Gasteiger charge is -2.27. The topological polar surface area (TPSA) is 115 Å². The average Bonchev–Trinajstić information content (AvgIpc) is 3.19. The predicted molar refractivity (Wildman–Crippen MR) is 129 cm³/mol. The van der Waals surface area contributed by atoms with E-state index < -0.39 is 5.97 Å². The van der Waals surface area contributed by atoms with Crippen molar-refractivity contribution in [1.29, 1.82) is 0 Å². The maximum atomic E-state index is 11.4. The minimum Gasteiger partial charge on any atom is -0.489 e. The molecule has 180 valence electrons. The van der Waals surface area contributed by atoms with Gasteiger partial charge in [0.15, 0.2) is 11.5 Å². The summed E-state index contributed by atoms with van der Waals surface area (Å²) in [5.74, 6) is 1.03. The van der Waals surface area contributed by atoms with Gasteiger partial charge >= 0.3 is 5.97 Å². The molecule has 1 fully saturated rings. The van der Waals surface area contributed by atoms with Gasteiger partial charge in [0.05, 0.1) is 23.4 Å². The fraction of sp³-hybridized carbons (Fsp3) is 0.480. The Morgan fingerprint density at radius 1 is 1.24 bits per heavy atom. The van der Waals surface area contributed by atoms with Gasteiger partial charge in [0.2, 0.25) is 0 Å². The van der Waals surface area contributed by atoms with Crippen LogP contribution in [0.15, 0.2) is 30.3 Å². The number of carboxylic acids is 1. The van der Waals surface area contributed by atoms with Crippen LogP contribution in [0.1, 0.15) is 56.8 Å². The SMILES string of the molecule is CCCCc1cccc(Nc2c(-c3ccc(O[C@H]4CCC[C@H](C(=O)O)C4)c(C)n3)nnn2C)n1. The van der Waals surface area contributed by atoms with Gasteiger partial charge in [0.25, 0.3) is 0 Å². The second kappa shape index (κ2) is 10.6. The van der Waals surface area contributed by atoms with E-state index in [0.29, 0.717) is 35.8 Å². The molecule has 0 saturated heterocycles. The van der Waals surface area contributed by atoms with Gasteiger partial charge in [-0.25, -0.2) is 14.6 Å². The normalized spacial score (nSPS) is 18.0. The number of aromatic nitrogens is 5. The van der Waals surface area contributed by atoms with E-state index in [1.54, 1.807) is 4.68 Å². The first kappa shape index (κ1) is 23.7. The van der Waals surface area contributed by atoms with Crippen LogP contribution < -0.4 is 10.1 Å². The summed E-state index contributed by atoms with van der Waals surface area (Å²) >= 11 is 0. The minimum absolute atomic E-state index is 0.110. The van der Waals surface area contributed by atoms with Crippen molar-refractivity contribution in [3.63, 3.8) is 0 Å². The highest BCUT2D eigenvalue weighted by Crippen LogP contribution is 2.32. The Kier molecular flexibility index (Phi) is 7.40. The quantitative estimate of drug-likeness (QED) is 0.469. The molecule has 2 N–H and O–H groups in total. The van der Waals surface area contributed by atoms with Gasteiger partial charge in [-0.2, -0.15) is 0 Å². The van der Waals surface area contributed by atoms with Crippen molar-refractivity contribution in [2.45, 2.75) is 64.9 Å². The maximum absolute atomic E-state index is 11.4. The lowest BCUT2D eigenvalue weighted by molar-refractivity contribution is -0.143. The fourth-order valence-corrected chi connectivity index (χ4v) is 4.30. The molecule has 1 aliphatic carbocycles. The number of pyridine rings is 2. The Morgan fingerprint density at radius 2 is 2.09 bits per heavy atom. The molecule has 9 nitrogen and oxygen atoms in total. The Labute approximate surface area is 199 Å².